The summed E-state index contributed by atoms with van der Waals surface area (Å²) in [6.45, 7) is 0.589. The summed E-state index contributed by atoms with van der Waals surface area (Å²) in [5.74, 6) is 2.65. The molecule has 0 fully saturated rings. The molecule has 0 unspecified atom stereocenters. The van der Waals surface area contributed by atoms with Crippen LogP contribution in [0.3, 0.4) is 0 Å². The Morgan fingerprint density at radius 2 is 1.72 bits per heavy atom. The summed E-state index contributed by atoms with van der Waals surface area (Å²) in [7, 11) is -3.71. The van der Waals surface area contributed by atoms with Crippen molar-refractivity contribution in [3.8, 4) is 12.3 Å². The molecule has 29 heavy (non-hydrogen) atoms. The second kappa shape index (κ2) is 9.24. The number of hydrogen-bond donors (Lipinski definition) is 1. The zero-order valence-electron chi connectivity index (χ0n) is 15.6. The maximum absolute atomic E-state index is 13.1. The molecule has 1 heterocycles. The van der Waals surface area contributed by atoms with Crippen molar-refractivity contribution in [2.75, 3.05) is 6.54 Å². The van der Waals surface area contributed by atoms with E-state index in [-0.39, 0.29) is 17.3 Å². The normalized spacial score (nSPS) is 11.0. The molecule has 0 aliphatic heterocycles. The fraction of sp³-hybridized carbons (Fsp3) is 0.136. The first kappa shape index (κ1) is 20.4. The Balaban J connectivity index is 1.82. The van der Waals surface area contributed by atoms with Crippen LogP contribution in [0.4, 0.5) is 0 Å². The number of sulfonamides is 1. The smallest absolute Gasteiger partial charge is 0.254 e. The molecule has 0 radical (unpaired) electrons. The highest BCUT2D eigenvalue weighted by molar-refractivity contribution is 7.89. The molecule has 0 spiro atoms. The number of hydrogen-bond acceptors (Lipinski definition) is 4. The Morgan fingerprint density at radius 1 is 1.00 bits per heavy atom. The highest BCUT2D eigenvalue weighted by Gasteiger charge is 2.19. The maximum Gasteiger partial charge on any atom is 0.254 e. The third-order valence-corrected chi connectivity index (χ3v) is 5.62. The summed E-state index contributed by atoms with van der Waals surface area (Å²) in [5, 5.41) is 0. The second-order valence-electron chi connectivity index (χ2n) is 6.28. The molecule has 1 amide bonds. The van der Waals surface area contributed by atoms with E-state index in [1.54, 1.807) is 23.3 Å². The first-order valence-corrected chi connectivity index (χ1v) is 10.4. The zero-order valence-corrected chi connectivity index (χ0v) is 16.4. The molecule has 1 aromatic heterocycles. The predicted molar refractivity (Wildman–Crippen MR) is 109 cm³/mol. The lowest BCUT2D eigenvalue weighted by atomic mass is 10.1. The van der Waals surface area contributed by atoms with Crippen LogP contribution in [0.25, 0.3) is 0 Å². The van der Waals surface area contributed by atoms with Crippen LogP contribution in [0.1, 0.15) is 21.7 Å². The Hall–Kier alpha value is -3.34. The first-order chi connectivity index (χ1) is 14.0. The van der Waals surface area contributed by atoms with Crippen LogP contribution in [0.15, 0.2) is 82.3 Å². The van der Waals surface area contributed by atoms with E-state index in [0.717, 1.165) is 5.56 Å². The van der Waals surface area contributed by atoms with Gasteiger partial charge in [-0.25, -0.2) is 8.42 Å². The zero-order chi connectivity index (χ0) is 20.7. The van der Waals surface area contributed by atoms with E-state index in [4.69, 9.17) is 10.8 Å². The van der Waals surface area contributed by atoms with E-state index >= 15 is 0 Å². The molecule has 0 bridgehead atoms. The molecule has 0 atom stereocenters. The lowest BCUT2D eigenvalue weighted by molar-refractivity contribution is 0.0717. The fourth-order valence-electron chi connectivity index (χ4n) is 2.77. The number of furan rings is 1. The van der Waals surface area contributed by atoms with E-state index in [1.807, 2.05) is 30.3 Å². The summed E-state index contributed by atoms with van der Waals surface area (Å²) in [6.07, 6.45) is 6.65. The third kappa shape index (κ3) is 5.35. The van der Waals surface area contributed by atoms with Crippen molar-refractivity contribution in [2.45, 2.75) is 18.0 Å². The van der Waals surface area contributed by atoms with Gasteiger partial charge < -0.3 is 9.32 Å². The summed E-state index contributed by atoms with van der Waals surface area (Å²) in [6, 6.07) is 18.9. The topological polar surface area (TPSA) is 79.6 Å². The molecule has 1 N–H and O–H groups in total. The molecular weight excluding hydrogens is 388 g/mol. The monoisotopic (exact) mass is 408 g/mol. The molecular formula is C22H20N2O4S. The third-order valence-electron chi connectivity index (χ3n) is 4.21. The number of nitrogens with one attached hydrogen (secondary N) is 1. The van der Waals surface area contributed by atoms with Gasteiger partial charge in [0.15, 0.2) is 0 Å². The van der Waals surface area contributed by atoms with Crippen LogP contribution in [-0.4, -0.2) is 25.8 Å². The fourth-order valence-corrected chi connectivity index (χ4v) is 3.71. The average molecular weight is 408 g/mol. The van der Waals surface area contributed by atoms with Crippen molar-refractivity contribution in [1.82, 2.24) is 9.62 Å². The molecule has 6 nitrogen and oxygen atoms in total. The Morgan fingerprint density at radius 3 is 2.34 bits per heavy atom. The van der Waals surface area contributed by atoms with Crippen LogP contribution in [-0.2, 0) is 23.1 Å². The van der Waals surface area contributed by atoms with Crippen LogP contribution in [0, 0.1) is 12.3 Å². The molecule has 0 aliphatic carbocycles. The van der Waals surface area contributed by atoms with E-state index in [1.165, 1.54) is 24.3 Å². The minimum absolute atomic E-state index is 0.0462. The summed E-state index contributed by atoms with van der Waals surface area (Å²) >= 11 is 0. The van der Waals surface area contributed by atoms with Gasteiger partial charge in [0.25, 0.3) is 5.91 Å². The maximum atomic E-state index is 13.1. The van der Waals surface area contributed by atoms with Crippen molar-refractivity contribution in [3.05, 3.63) is 89.9 Å². The van der Waals surface area contributed by atoms with Crippen LogP contribution >= 0.6 is 0 Å². The SMILES string of the molecule is C#CCNS(=O)(=O)c1ccc(C(=O)N(Cc2ccccc2)Cc2ccco2)cc1. The molecule has 0 saturated carbocycles. The standard InChI is InChI=1S/C22H20N2O4S/c1-2-14-23-29(26,27)21-12-10-19(11-13-21)22(25)24(17-20-9-6-15-28-20)16-18-7-4-3-5-8-18/h1,3-13,15,23H,14,16-17H2. The van der Waals surface area contributed by atoms with Gasteiger partial charge in [0.05, 0.1) is 24.2 Å². The number of amides is 1. The van der Waals surface area contributed by atoms with Crippen molar-refractivity contribution in [3.63, 3.8) is 0 Å². The van der Waals surface area contributed by atoms with Crippen molar-refractivity contribution in [1.29, 1.82) is 0 Å². The number of terminal acetylenes is 1. The van der Waals surface area contributed by atoms with Crippen molar-refractivity contribution < 1.29 is 17.6 Å². The molecule has 3 aromatic rings. The number of carbonyl (C=O) groups excluding carboxylic acids is 1. The Labute approximate surface area is 170 Å². The van der Waals surface area contributed by atoms with Crippen molar-refractivity contribution >= 4 is 15.9 Å². The molecule has 2 aromatic carbocycles. The lowest BCUT2D eigenvalue weighted by Crippen LogP contribution is -2.30. The van der Waals surface area contributed by atoms with E-state index in [9.17, 15) is 13.2 Å². The Bertz CT molecular complexity index is 1080. The van der Waals surface area contributed by atoms with Crippen LogP contribution in [0.2, 0.25) is 0 Å². The van der Waals surface area contributed by atoms with Gasteiger partial charge in [-0.2, -0.15) is 4.72 Å². The lowest BCUT2D eigenvalue weighted by Gasteiger charge is -2.22. The minimum atomic E-state index is -3.71. The quantitative estimate of drug-likeness (QED) is 0.581. The highest BCUT2D eigenvalue weighted by Crippen LogP contribution is 2.17. The van der Waals surface area contributed by atoms with Gasteiger partial charge in [-0.05, 0) is 42.0 Å². The summed E-state index contributed by atoms with van der Waals surface area (Å²) in [5.41, 5.74) is 1.36. The van der Waals surface area contributed by atoms with Gasteiger partial charge in [-0.3, -0.25) is 4.79 Å². The number of rotatable bonds is 8. The van der Waals surface area contributed by atoms with E-state index in [2.05, 4.69) is 10.6 Å². The molecule has 148 valence electrons. The van der Waals surface area contributed by atoms with Gasteiger partial charge >= 0.3 is 0 Å². The van der Waals surface area contributed by atoms with Gasteiger partial charge in [0.1, 0.15) is 5.76 Å². The molecule has 3 rings (SSSR count). The van der Waals surface area contributed by atoms with E-state index < -0.39 is 10.0 Å². The molecule has 7 heteroatoms. The van der Waals surface area contributed by atoms with Crippen molar-refractivity contribution in [2.24, 2.45) is 0 Å². The number of benzene rings is 2. The summed E-state index contributed by atoms with van der Waals surface area (Å²) in [4.78, 5) is 14.8. The highest BCUT2D eigenvalue weighted by atomic mass is 32.2. The Kier molecular flexibility index (Phi) is 6.50. The van der Waals surface area contributed by atoms with E-state index in [0.29, 0.717) is 24.4 Å². The van der Waals surface area contributed by atoms with Gasteiger partial charge in [0.2, 0.25) is 10.0 Å². The second-order valence-corrected chi connectivity index (χ2v) is 8.05. The van der Waals surface area contributed by atoms with Gasteiger partial charge in [-0.1, -0.05) is 36.3 Å². The minimum Gasteiger partial charge on any atom is -0.467 e. The summed E-state index contributed by atoms with van der Waals surface area (Å²) < 4.78 is 32.0. The van der Waals surface area contributed by atoms with Crippen LogP contribution in [0.5, 0.6) is 0 Å². The molecule has 0 saturated heterocycles. The number of nitrogens with zero attached hydrogens (tertiary/aromatic N) is 1. The first-order valence-electron chi connectivity index (χ1n) is 8.88. The predicted octanol–water partition coefficient (Wildman–Crippen LogP) is 3.03. The van der Waals surface area contributed by atoms with Gasteiger partial charge in [0, 0.05) is 12.1 Å². The van der Waals surface area contributed by atoms with Gasteiger partial charge in [-0.15, -0.1) is 6.42 Å². The van der Waals surface area contributed by atoms with Crippen LogP contribution < -0.4 is 4.72 Å². The number of carbonyl (C=O) groups is 1. The molecule has 0 aliphatic rings. The largest absolute Gasteiger partial charge is 0.467 e. The average Bonchev–Trinajstić information content (AvgIpc) is 3.25.